The van der Waals surface area contributed by atoms with Gasteiger partial charge in [0, 0.05) is 31.9 Å². The molecule has 3 N–H and O–H groups in total. The number of rotatable bonds is 3. The summed E-state index contributed by atoms with van der Waals surface area (Å²) in [5.41, 5.74) is 4.58. The molecule has 0 unspecified atom stereocenters. The molecule has 3 aromatic rings. The number of nitriles is 1. The minimum absolute atomic E-state index is 0. The van der Waals surface area contributed by atoms with E-state index in [1.165, 1.54) is 5.69 Å². The number of aromatic amines is 1. The van der Waals surface area contributed by atoms with Crippen molar-refractivity contribution in [3.05, 3.63) is 59.9 Å². The summed E-state index contributed by atoms with van der Waals surface area (Å²) in [6.45, 7) is 4.08. The molecule has 1 aliphatic rings. The zero-order valence-electron chi connectivity index (χ0n) is 15.3. The van der Waals surface area contributed by atoms with E-state index < -0.39 is 0 Å². The predicted octanol–water partition coefficient (Wildman–Crippen LogP) is 2.55. The van der Waals surface area contributed by atoms with Gasteiger partial charge in [0.15, 0.2) is 0 Å². The molecule has 0 aliphatic carbocycles. The first-order chi connectivity index (χ1) is 12.7. The van der Waals surface area contributed by atoms with E-state index >= 15 is 0 Å². The van der Waals surface area contributed by atoms with Gasteiger partial charge in [0.1, 0.15) is 11.9 Å². The summed E-state index contributed by atoms with van der Waals surface area (Å²) in [5, 5.41) is 9.70. The van der Waals surface area contributed by atoms with Gasteiger partial charge in [-0.15, -0.1) is 0 Å². The standard InChI is InChI=1S/C21H21N5.H2O/c1-25-10-12-26(13-11-25)20-9-5-2-6-16(20)14-17(15-22)21-23-18-7-3-4-8-19(18)24-21;/h2-9,14H,10-13H2,1H3,(H,23,24);1H2/b17-14+;. The summed E-state index contributed by atoms with van der Waals surface area (Å²) >= 11 is 0. The first-order valence-corrected chi connectivity index (χ1v) is 8.84. The molecule has 0 amide bonds. The third kappa shape index (κ3) is 3.85. The number of fused-ring (bicyclic) bond motifs is 1. The molecule has 4 rings (SSSR count). The van der Waals surface area contributed by atoms with Crippen LogP contribution in [-0.2, 0) is 0 Å². The van der Waals surface area contributed by atoms with Crippen LogP contribution in [0.15, 0.2) is 48.5 Å². The Morgan fingerprint density at radius 1 is 1.07 bits per heavy atom. The fourth-order valence-corrected chi connectivity index (χ4v) is 3.33. The number of likely N-dealkylation sites (N-methyl/N-ethyl adjacent to an activating group) is 1. The van der Waals surface area contributed by atoms with Crippen LogP contribution in [0.5, 0.6) is 0 Å². The van der Waals surface area contributed by atoms with Crippen molar-refractivity contribution in [3.8, 4) is 6.07 Å². The molecule has 0 saturated carbocycles. The van der Waals surface area contributed by atoms with E-state index in [1.54, 1.807) is 0 Å². The third-order valence-corrected chi connectivity index (χ3v) is 4.85. The fourth-order valence-electron chi connectivity index (χ4n) is 3.33. The lowest BCUT2D eigenvalue weighted by atomic mass is 10.1. The van der Waals surface area contributed by atoms with E-state index in [0.29, 0.717) is 11.4 Å². The van der Waals surface area contributed by atoms with E-state index in [4.69, 9.17) is 0 Å². The quantitative estimate of drug-likeness (QED) is 0.726. The third-order valence-electron chi connectivity index (χ3n) is 4.85. The Balaban J connectivity index is 0.00000210. The number of piperazine rings is 1. The number of hydrogen-bond acceptors (Lipinski definition) is 4. The highest BCUT2D eigenvalue weighted by Crippen LogP contribution is 2.26. The predicted molar refractivity (Wildman–Crippen MR) is 109 cm³/mol. The number of allylic oxidation sites excluding steroid dienone is 1. The molecule has 6 nitrogen and oxygen atoms in total. The van der Waals surface area contributed by atoms with E-state index in [1.807, 2.05) is 36.4 Å². The van der Waals surface area contributed by atoms with Crippen LogP contribution in [0.2, 0.25) is 0 Å². The minimum Gasteiger partial charge on any atom is -0.412 e. The Morgan fingerprint density at radius 3 is 2.52 bits per heavy atom. The second-order valence-electron chi connectivity index (χ2n) is 6.62. The molecule has 0 radical (unpaired) electrons. The maximum absolute atomic E-state index is 9.70. The fraction of sp³-hybridized carbons (Fsp3) is 0.238. The molecular formula is C21H23N5O. The van der Waals surface area contributed by atoms with Crippen LogP contribution in [0.4, 0.5) is 5.69 Å². The Hall–Kier alpha value is -3.14. The minimum atomic E-state index is 0. The van der Waals surface area contributed by atoms with Gasteiger partial charge < -0.3 is 20.3 Å². The number of aromatic nitrogens is 2. The van der Waals surface area contributed by atoms with E-state index in [9.17, 15) is 5.26 Å². The molecule has 1 saturated heterocycles. The number of nitrogens with zero attached hydrogens (tertiary/aromatic N) is 4. The molecule has 0 atom stereocenters. The van der Waals surface area contributed by atoms with Gasteiger partial charge in [-0.25, -0.2) is 4.98 Å². The van der Waals surface area contributed by atoms with Gasteiger partial charge in [-0.2, -0.15) is 5.26 Å². The Morgan fingerprint density at radius 2 is 1.78 bits per heavy atom. The van der Waals surface area contributed by atoms with Crippen molar-refractivity contribution in [1.82, 2.24) is 14.9 Å². The molecule has 1 aromatic heterocycles. The number of hydrogen-bond donors (Lipinski definition) is 1. The molecule has 2 heterocycles. The molecule has 27 heavy (non-hydrogen) atoms. The van der Waals surface area contributed by atoms with Crippen LogP contribution in [0.3, 0.4) is 0 Å². The van der Waals surface area contributed by atoms with Gasteiger partial charge in [0.2, 0.25) is 0 Å². The highest BCUT2D eigenvalue weighted by Gasteiger charge is 2.17. The van der Waals surface area contributed by atoms with Gasteiger partial charge in [0.25, 0.3) is 0 Å². The Bertz CT molecular complexity index is 960. The van der Waals surface area contributed by atoms with Crippen molar-refractivity contribution in [2.24, 2.45) is 0 Å². The van der Waals surface area contributed by atoms with Gasteiger partial charge in [-0.05, 0) is 36.9 Å². The van der Waals surface area contributed by atoms with Gasteiger partial charge in [-0.3, -0.25) is 0 Å². The summed E-state index contributed by atoms with van der Waals surface area (Å²) in [6, 6.07) is 18.4. The zero-order chi connectivity index (χ0) is 17.9. The first-order valence-electron chi connectivity index (χ1n) is 8.84. The molecule has 0 spiro atoms. The van der Waals surface area contributed by atoms with E-state index in [-0.39, 0.29) is 5.48 Å². The van der Waals surface area contributed by atoms with Crippen LogP contribution in [-0.4, -0.2) is 53.6 Å². The molecule has 1 aliphatic heterocycles. The van der Waals surface area contributed by atoms with Crippen LogP contribution in [0.1, 0.15) is 11.4 Å². The molecule has 138 valence electrons. The average molecular weight is 361 g/mol. The second kappa shape index (κ2) is 8.04. The maximum Gasteiger partial charge on any atom is 0.149 e. The summed E-state index contributed by atoms with van der Waals surface area (Å²) < 4.78 is 0. The van der Waals surface area contributed by atoms with Gasteiger partial charge >= 0.3 is 0 Å². The second-order valence-corrected chi connectivity index (χ2v) is 6.62. The zero-order valence-corrected chi connectivity index (χ0v) is 15.3. The number of anilines is 1. The van der Waals surface area contributed by atoms with Crippen LogP contribution < -0.4 is 4.90 Å². The lowest BCUT2D eigenvalue weighted by Gasteiger charge is -2.34. The van der Waals surface area contributed by atoms with Crippen molar-refractivity contribution in [2.75, 3.05) is 38.1 Å². The van der Waals surface area contributed by atoms with E-state index in [0.717, 1.165) is 42.8 Å². The van der Waals surface area contributed by atoms with Crippen molar-refractivity contribution in [1.29, 1.82) is 5.26 Å². The van der Waals surface area contributed by atoms with Crippen molar-refractivity contribution in [2.45, 2.75) is 0 Å². The summed E-state index contributed by atoms with van der Waals surface area (Å²) in [4.78, 5) is 12.5. The SMILES string of the molecule is CN1CCN(c2ccccc2/C=C(\C#N)c2nc3ccccc3[nH]2)CC1.O. The molecule has 0 bridgehead atoms. The largest absolute Gasteiger partial charge is 0.412 e. The number of H-pyrrole nitrogens is 1. The lowest BCUT2D eigenvalue weighted by Crippen LogP contribution is -2.44. The summed E-state index contributed by atoms with van der Waals surface area (Å²) in [5.74, 6) is 0.613. The van der Waals surface area contributed by atoms with E-state index in [2.05, 4.69) is 51.1 Å². The number of para-hydroxylation sites is 3. The lowest BCUT2D eigenvalue weighted by molar-refractivity contribution is 0.313. The van der Waals surface area contributed by atoms with Crippen molar-refractivity contribution < 1.29 is 5.48 Å². The smallest absolute Gasteiger partial charge is 0.149 e. The van der Waals surface area contributed by atoms with Crippen LogP contribution in [0.25, 0.3) is 22.7 Å². The first kappa shape index (κ1) is 18.6. The molecular weight excluding hydrogens is 338 g/mol. The summed E-state index contributed by atoms with van der Waals surface area (Å²) in [6.07, 6.45) is 1.94. The molecule has 2 aromatic carbocycles. The van der Waals surface area contributed by atoms with Crippen molar-refractivity contribution in [3.63, 3.8) is 0 Å². The monoisotopic (exact) mass is 361 g/mol. The molecule has 1 fully saturated rings. The normalized spacial score (nSPS) is 15.4. The Labute approximate surface area is 158 Å². The van der Waals surface area contributed by atoms with Crippen LogP contribution >= 0.6 is 0 Å². The Kier molecular flexibility index (Phi) is 5.55. The topological polar surface area (TPSA) is 90.4 Å². The van der Waals surface area contributed by atoms with Gasteiger partial charge in [0.05, 0.1) is 16.6 Å². The highest BCUT2D eigenvalue weighted by molar-refractivity contribution is 5.92. The highest BCUT2D eigenvalue weighted by atomic mass is 16.0. The number of nitrogens with one attached hydrogen (secondary N) is 1. The maximum atomic E-state index is 9.70. The van der Waals surface area contributed by atoms with Crippen LogP contribution in [0, 0.1) is 11.3 Å². The molecule has 6 heteroatoms. The number of benzene rings is 2. The number of imidazole rings is 1. The average Bonchev–Trinajstić information content (AvgIpc) is 3.11. The van der Waals surface area contributed by atoms with Crippen molar-refractivity contribution >= 4 is 28.4 Å². The van der Waals surface area contributed by atoms with Gasteiger partial charge in [-0.1, -0.05) is 30.3 Å². The summed E-state index contributed by atoms with van der Waals surface area (Å²) in [7, 11) is 2.15.